The zero-order valence-corrected chi connectivity index (χ0v) is 14.6. The molecule has 132 valence electrons. The zero-order chi connectivity index (χ0) is 17.7. The molecule has 4 heteroatoms. The number of benzene rings is 2. The van der Waals surface area contributed by atoms with Gasteiger partial charge in [0.15, 0.2) is 0 Å². The molecule has 25 heavy (non-hydrogen) atoms. The Balaban J connectivity index is 1.77. The Morgan fingerprint density at radius 2 is 1.68 bits per heavy atom. The van der Waals surface area contributed by atoms with Gasteiger partial charge in [-0.2, -0.15) is 0 Å². The standard InChI is InChI=1S/C21H24FNO2/c1-23(16-18-7-9-19(22)10-8-18)20(24)21(11-13-25-14-12-21)15-17-5-3-2-4-6-17/h2-10H,11-16H2,1H3. The summed E-state index contributed by atoms with van der Waals surface area (Å²) in [6, 6.07) is 16.5. The molecule has 3 nitrogen and oxygen atoms in total. The topological polar surface area (TPSA) is 29.5 Å². The fraction of sp³-hybridized carbons (Fsp3) is 0.381. The second-order valence-corrected chi connectivity index (χ2v) is 6.84. The average molecular weight is 341 g/mol. The van der Waals surface area contributed by atoms with Crippen LogP contribution in [0.4, 0.5) is 4.39 Å². The summed E-state index contributed by atoms with van der Waals surface area (Å²) in [4.78, 5) is 15.1. The molecule has 3 rings (SSSR count). The number of amides is 1. The van der Waals surface area contributed by atoms with Gasteiger partial charge >= 0.3 is 0 Å². The SMILES string of the molecule is CN(Cc1ccc(F)cc1)C(=O)C1(Cc2ccccc2)CCOCC1. The summed E-state index contributed by atoms with van der Waals surface area (Å²) in [7, 11) is 1.83. The van der Waals surface area contributed by atoms with E-state index in [2.05, 4.69) is 12.1 Å². The molecule has 1 aliphatic heterocycles. The van der Waals surface area contributed by atoms with Crippen LogP contribution >= 0.6 is 0 Å². The number of hydrogen-bond donors (Lipinski definition) is 0. The van der Waals surface area contributed by atoms with E-state index in [1.54, 1.807) is 17.0 Å². The van der Waals surface area contributed by atoms with Gasteiger partial charge in [-0.05, 0) is 42.5 Å². The quantitative estimate of drug-likeness (QED) is 0.827. The second kappa shape index (κ2) is 7.79. The molecule has 1 aliphatic rings. The van der Waals surface area contributed by atoms with E-state index >= 15 is 0 Å². The van der Waals surface area contributed by atoms with Crippen LogP contribution in [0, 0.1) is 11.2 Å². The van der Waals surface area contributed by atoms with Gasteiger partial charge in [0.05, 0.1) is 5.41 Å². The Hall–Kier alpha value is -2.20. The third-order valence-electron chi connectivity index (χ3n) is 4.97. The molecule has 1 heterocycles. The lowest BCUT2D eigenvalue weighted by Crippen LogP contribution is -2.46. The summed E-state index contributed by atoms with van der Waals surface area (Å²) in [5.41, 5.74) is 1.68. The van der Waals surface area contributed by atoms with Gasteiger partial charge in [0.1, 0.15) is 5.82 Å². The molecule has 2 aromatic carbocycles. The monoisotopic (exact) mass is 341 g/mol. The first-order chi connectivity index (χ1) is 12.1. The van der Waals surface area contributed by atoms with Crippen molar-refractivity contribution < 1.29 is 13.9 Å². The van der Waals surface area contributed by atoms with Crippen LogP contribution in [0.3, 0.4) is 0 Å². The van der Waals surface area contributed by atoms with E-state index in [0.717, 1.165) is 24.8 Å². The average Bonchev–Trinajstić information content (AvgIpc) is 2.64. The summed E-state index contributed by atoms with van der Waals surface area (Å²) in [6.07, 6.45) is 2.19. The normalized spacial score (nSPS) is 16.4. The molecule has 0 saturated carbocycles. The number of nitrogens with zero attached hydrogens (tertiary/aromatic N) is 1. The zero-order valence-electron chi connectivity index (χ0n) is 14.6. The summed E-state index contributed by atoms with van der Waals surface area (Å²) in [5, 5.41) is 0. The predicted octanol–water partition coefficient (Wildman–Crippen LogP) is 3.82. The second-order valence-electron chi connectivity index (χ2n) is 6.84. The lowest BCUT2D eigenvalue weighted by atomic mass is 9.74. The number of carbonyl (C=O) groups is 1. The van der Waals surface area contributed by atoms with E-state index in [9.17, 15) is 9.18 Å². The number of rotatable bonds is 5. The Labute approximate surface area is 148 Å². The molecule has 0 spiro atoms. The van der Waals surface area contributed by atoms with Gasteiger partial charge < -0.3 is 9.64 Å². The highest BCUT2D eigenvalue weighted by atomic mass is 19.1. The minimum absolute atomic E-state index is 0.143. The van der Waals surface area contributed by atoms with Crippen molar-refractivity contribution in [1.82, 2.24) is 4.90 Å². The largest absolute Gasteiger partial charge is 0.381 e. The summed E-state index contributed by atoms with van der Waals surface area (Å²) >= 11 is 0. The van der Waals surface area contributed by atoms with Gasteiger partial charge in [0, 0.05) is 26.8 Å². The van der Waals surface area contributed by atoms with Gasteiger partial charge in [0.25, 0.3) is 0 Å². The molecule has 0 N–H and O–H groups in total. The third kappa shape index (κ3) is 4.26. The van der Waals surface area contributed by atoms with Crippen molar-refractivity contribution in [1.29, 1.82) is 0 Å². The maximum absolute atomic E-state index is 13.3. The van der Waals surface area contributed by atoms with E-state index < -0.39 is 5.41 Å². The maximum Gasteiger partial charge on any atom is 0.229 e. The smallest absolute Gasteiger partial charge is 0.229 e. The van der Waals surface area contributed by atoms with Crippen molar-refractivity contribution in [3.8, 4) is 0 Å². The Morgan fingerprint density at radius 3 is 2.32 bits per heavy atom. The van der Waals surface area contributed by atoms with E-state index in [1.165, 1.54) is 17.7 Å². The predicted molar refractivity (Wildman–Crippen MR) is 95.5 cm³/mol. The van der Waals surface area contributed by atoms with Gasteiger partial charge in [0.2, 0.25) is 5.91 Å². The number of halogens is 1. The molecule has 0 atom stereocenters. The highest BCUT2D eigenvalue weighted by Gasteiger charge is 2.41. The summed E-state index contributed by atoms with van der Waals surface area (Å²) in [6.45, 7) is 1.71. The van der Waals surface area contributed by atoms with Crippen LogP contribution in [0.15, 0.2) is 54.6 Å². The van der Waals surface area contributed by atoms with Crippen molar-refractivity contribution in [2.75, 3.05) is 20.3 Å². The van der Waals surface area contributed by atoms with Crippen molar-refractivity contribution in [3.63, 3.8) is 0 Å². The van der Waals surface area contributed by atoms with Gasteiger partial charge in [-0.15, -0.1) is 0 Å². The molecule has 0 radical (unpaired) electrons. The minimum Gasteiger partial charge on any atom is -0.381 e. The van der Waals surface area contributed by atoms with E-state index in [4.69, 9.17) is 4.74 Å². The Bertz CT molecular complexity index is 694. The fourth-order valence-corrected chi connectivity index (χ4v) is 3.56. The van der Waals surface area contributed by atoms with Crippen molar-refractivity contribution in [3.05, 3.63) is 71.5 Å². The van der Waals surface area contributed by atoms with Crippen LogP contribution in [0.5, 0.6) is 0 Å². The first-order valence-corrected chi connectivity index (χ1v) is 8.71. The first kappa shape index (κ1) is 17.6. The van der Waals surface area contributed by atoms with Crippen LogP contribution in [-0.4, -0.2) is 31.1 Å². The van der Waals surface area contributed by atoms with Crippen molar-refractivity contribution in [2.24, 2.45) is 5.41 Å². The molecular weight excluding hydrogens is 317 g/mol. The highest BCUT2D eigenvalue weighted by molar-refractivity contribution is 5.83. The summed E-state index contributed by atoms with van der Waals surface area (Å²) in [5.74, 6) is -0.119. The lowest BCUT2D eigenvalue weighted by molar-refractivity contribution is -0.147. The van der Waals surface area contributed by atoms with E-state index in [1.807, 2.05) is 25.2 Å². The molecule has 2 aromatic rings. The molecule has 1 saturated heterocycles. The van der Waals surface area contributed by atoms with Crippen LogP contribution in [0.2, 0.25) is 0 Å². The molecule has 1 amide bonds. The lowest BCUT2D eigenvalue weighted by Gasteiger charge is -2.39. The highest BCUT2D eigenvalue weighted by Crippen LogP contribution is 2.36. The molecular formula is C21H24FNO2. The molecule has 0 aromatic heterocycles. The van der Waals surface area contributed by atoms with E-state index in [-0.39, 0.29) is 11.7 Å². The van der Waals surface area contributed by atoms with Crippen LogP contribution in [0.25, 0.3) is 0 Å². The fourth-order valence-electron chi connectivity index (χ4n) is 3.56. The maximum atomic E-state index is 13.3. The summed E-state index contributed by atoms with van der Waals surface area (Å²) < 4.78 is 18.6. The van der Waals surface area contributed by atoms with Crippen LogP contribution in [0.1, 0.15) is 24.0 Å². The van der Waals surface area contributed by atoms with E-state index in [0.29, 0.717) is 19.8 Å². The van der Waals surface area contributed by atoms with Crippen LogP contribution in [-0.2, 0) is 22.5 Å². The van der Waals surface area contributed by atoms with Gasteiger partial charge in [-0.25, -0.2) is 4.39 Å². The molecule has 0 unspecified atom stereocenters. The molecule has 0 aliphatic carbocycles. The molecule has 0 bridgehead atoms. The Morgan fingerprint density at radius 1 is 1.04 bits per heavy atom. The molecule has 1 fully saturated rings. The third-order valence-corrected chi connectivity index (χ3v) is 4.97. The van der Waals surface area contributed by atoms with Crippen molar-refractivity contribution >= 4 is 5.91 Å². The minimum atomic E-state index is -0.422. The van der Waals surface area contributed by atoms with Crippen molar-refractivity contribution in [2.45, 2.75) is 25.8 Å². The Kier molecular flexibility index (Phi) is 5.49. The van der Waals surface area contributed by atoms with Crippen LogP contribution < -0.4 is 0 Å². The number of ether oxygens (including phenoxy) is 1. The van der Waals surface area contributed by atoms with Gasteiger partial charge in [-0.3, -0.25) is 4.79 Å². The first-order valence-electron chi connectivity index (χ1n) is 8.71. The van der Waals surface area contributed by atoms with Gasteiger partial charge in [-0.1, -0.05) is 42.5 Å². The number of hydrogen-bond acceptors (Lipinski definition) is 2. The number of carbonyl (C=O) groups excluding carboxylic acids is 1.